The molecule has 0 aliphatic carbocycles. The molecule has 0 unspecified atom stereocenters. The van der Waals surface area contributed by atoms with E-state index < -0.39 is 0 Å². The number of hydrogen-bond acceptors (Lipinski definition) is 5. The zero-order valence-electron chi connectivity index (χ0n) is 21.2. The summed E-state index contributed by atoms with van der Waals surface area (Å²) in [5, 5.41) is 5.69. The van der Waals surface area contributed by atoms with Gasteiger partial charge in [0.25, 0.3) is 5.56 Å². The molecular weight excluding hydrogens is 517 g/mol. The fourth-order valence-corrected chi connectivity index (χ4v) is 5.90. The Balaban J connectivity index is 1.46. The van der Waals surface area contributed by atoms with Crippen LogP contribution < -0.4 is 10.9 Å². The molecule has 0 bridgehead atoms. The van der Waals surface area contributed by atoms with Crippen molar-refractivity contribution in [2.75, 3.05) is 11.1 Å². The predicted octanol–water partition coefficient (Wildman–Crippen LogP) is 7.28. The molecule has 0 radical (unpaired) electrons. The Labute approximate surface area is 228 Å². The third-order valence-corrected chi connectivity index (χ3v) is 7.92. The molecule has 1 amide bonds. The Morgan fingerprint density at radius 1 is 1.00 bits per heavy atom. The van der Waals surface area contributed by atoms with E-state index in [-0.39, 0.29) is 28.5 Å². The Morgan fingerprint density at radius 3 is 2.34 bits per heavy atom. The van der Waals surface area contributed by atoms with Crippen LogP contribution in [0.4, 0.5) is 10.1 Å². The van der Waals surface area contributed by atoms with Crippen LogP contribution in [0.2, 0.25) is 0 Å². The van der Waals surface area contributed by atoms with Crippen molar-refractivity contribution in [3.05, 3.63) is 106 Å². The van der Waals surface area contributed by atoms with Crippen LogP contribution in [0.1, 0.15) is 26.3 Å². The molecule has 0 aliphatic heterocycles. The van der Waals surface area contributed by atoms with Gasteiger partial charge in [-0.15, -0.1) is 11.3 Å². The van der Waals surface area contributed by atoms with Gasteiger partial charge >= 0.3 is 0 Å². The number of para-hydroxylation sites is 1. The van der Waals surface area contributed by atoms with Crippen LogP contribution in [-0.2, 0) is 10.2 Å². The third-order valence-electron chi connectivity index (χ3n) is 6.11. The molecular formula is C30H26FN3O2S2. The van der Waals surface area contributed by atoms with Gasteiger partial charge in [0.15, 0.2) is 5.16 Å². The number of benzene rings is 3. The van der Waals surface area contributed by atoms with Gasteiger partial charge in [0.05, 0.1) is 16.8 Å². The number of thioether (sulfide) groups is 1. The summed E-state index contributed by atoms with van der Waals surface area (Å²) in [7, 11) is 0. The third kappa shape index (κ3) is 5.42. The molecule has 5 aromatic rings. The van der Waals surface area contributed by atoms with E-state index in [2.05, 4.69) is 26.1 Å². The summed E-state index contributed by atoms with van der Waals surface area (Å²) in [5.41, 5.74) is 3.81. The van der Waals surface area contributed by atoms with Crippen molar-refractivity contribution in [1.82, 2.24) is 9.55 Å². The number of halogens is 1. The molecule has 0 atom stereocenters. The monoisotopic (exact) mass is 543 g/mol. The summed E-state index contributed by atoms with van der Waals surface area (Å²) in [6, 6.07) is 23.1. The SMILES string of the molecule is CC(C)(C)c1ccc(NC(=O)CSc2nc3scc(-c4ccc(F)cc4)c3c(=O)n2-c2ccccc2)cc1. The lowest BCUT2D eigenvalue weighted by Crippen LogP contribution is -2.22. The second-order valence-corrected chi connectivity index (χ2v) is 11.7. The highest BCUT2D eigenvalue weighted by Crippen LogP contribution is 2.33. The van der Waals surface area contributed by atoms with E-state index in [9.17, 15) is 14.0 Å². The predicted molar refractivity (Wildman–Crippen MR) is 155 cm³/mol. The number of carbonyl (C=O) groups excluding carboxylic acids is 1. The summed E-state index contributed by atoms with van der Waals surface area (Å²) >= 11 is 2.56. The van der Waals surface area contributed by atoms with E-state index in [1.54, 1.807) is 12.1 Å². The number of rotatable bonds is 6. The van der Waals surface area contributed by atoms with Gasteiger partial charge in [0.2, 0.25) is 5.91 Å². The second-order valence-electron chi connectivity index (χ2n) is 9.87. The number of amides is 1. The first kappa shape index (κ1) is 25.9. The Hall–Kier alpha value is -3.75. The summed E-state index contributed by atoms with van der Waals surface area (Å²) in [6.45, 7) is 6.43. The molecule has 192 valence electrons. The zero-order chi connectivity index (χ0) is 26.9. The summed E-state index contributed by atoms with van der Waals surface area (Å²) in [5.74, 6) is -0.442. The molecule has 0 aliphatic rings. The number of carbonyl (C=O) groups is 1. The lowest BCUT2D eigenvalue weighted by atomic mass is 9.87. The van der Waals surface area contributed by atoms with Crippen molar-refractivity contribution < 1.29 is 9.18 Å². The van der Waals surface area contributed by atoms with Gasteiger partial charge in [-0.05, 0) is 52.9 Å². The highest BCUT2D eigenvalue weighted by Gasteiger charge is 2.20. The zero-order valence-corrected chi connectivity index (χ0v) is 22.8. The van der Waals surface area contributed by atoms with Crippen molar-refractivity contribution in [3.63, 3.8) is 0 Å². The van der Waals surface area contributed by atoms with Gasteiger partial charge < -0.3 is 5.32 Å². The second kappa shape index (κ2) is 10.6. The maximum atomic E-state index is 13.9. The van der Waals surface area contributed by atoms with E-state index in [1.807, 2.05) is 60.0 Å². The first-order valence-electron chi connectivity index (χ1n) is 12.1. The molecule has 38 heavy (non-hydrogen) atoms. The number of nitrogens with zero attached hydrogens (tertiary/aromatic N) is 2. The largest absolute Gasteiger partial charge is 0.325 e. The normalized spacial score (nSPS) is 11.6. The Morgan fingerprint density at radius 2 is 1.68 bits per heavy atom. The average Bonchev–Trinajstić information content (AvgIpc) is 3.32. The van der Waals surface area contributed by atoms with Crippen LogP contribution in [0.15, 0.2) is 94.2 Å². The topological polar surface area (TPSA) is 64.0 Å². The Bertz CT molecular complexity index is 1650. The van der Waals surface area contributed by atoms with E-state index in [0.717, 1.165) is 11.3 Å². The van der Waals surface area contributed by atoms with Crippen molar-refractivity contribution >= 4 is 44.9 Å². The fourth-order valence-electron chi connectivity index (χ4n) is 4.10. The van der Waals surface area contributed by atoms with Gasteiger partial charge in [-0.25, -0.2) is 9.37 Å². The first-order chi connectivity index (χ1) is 18.2. The number of aromatic nitrogens is 2. The van der Waals surface area contributed by atoms with Crippen LogP contribution in [0.25, 0.3) is 27.0 Å². The lowest BCUT2D eigenvalue weighted by Gasteiger charge is -2.19. The maximum absolute atomic E-state index is 13.9. The van der Waals surface area contributed by atoms with E-state index >= 15 is 0 Å². The molecule has 0 saturated carbocycles. The molecule has 1 N–H and O–H groups in total. The Kier molecular flexibility index (Phi) is 7.19. The van der Waals surface area contributed by atoms with Crippen LogP contribution in [0, 0.1) is 5.82 Å². The van der Waals surface area contributed by atoms with E-state index in [0.29, 0.717) is 26.6 Å². The van der Waals surface area contributed by atoms with Crippen LogP contribution in [0.3, 0.4) is 0 Å². The number of hydrogen-bond donors (Lipinski definition) is 1. The van der Waals surface area contributed by atoms with Crippen LogP contribution in [-0.4, -0.2) is 21.2 Å². The molecule has 0 saturated heterocycles. The molecule has 8 heteroatoms. The van der Waals surface area contributed by atoms with Gasteiger partial charge in [0, 0.05) is 16.6 Å². The van der Waals surface area contributed by atoms with Crippen molar-refractivity contribution in [2.24, 2.45) is 0 Å². The van der Waals surface area contributed by atoms with Gasteiger partial charge in [-0.2, -0.15) is 0 Å². The average molecular weight is 544 g/mol. The molecule has 0 spiro atoms. The standard InChI is InChI=1S/C30H26FN3O2S2/c1-30(2,3)20-11-15-22(16-12-20)32-25(35)18-38-29-33-27-26(28(36)34(29)23-7-5-4-6-8-23)24(17-37-27)19-9-13-21(31)14-10-19/h4-17H,18H2,1-3H3,(H,32,35). The van der Waals surface area contributed by atoms with Crippen molar-refractivity contribution in [2.45, 2.75) is 31.3 Å². The smallest absolute Gasteiger partial charge is 0.268 e. The minimum Gasteiger partial charge on any atom is -0.325 e. The molecule has 2 heterocycles. The molecule has 5 rings (SSSR count). The number of fused-ring (bicyclic) bond motifs is 1. The van der Waals surface area contributed by atoms with Gasteiger partial charge in [-0.3, -0.25) is 14.2 Å². The van der Waals surface area contributed by atoms with Crippen LogP contribution in [0.5, 0.6) is 0 Å². The minimum atomic E-state index is -0.338. The molecule has 5 nitrogen and oxygen atoms in total. The van der Waals surface area contributed by atoms with E-state index in [4.69, 9.17) is 4.98 Å². The fraction of sp³-hybridized carbons (Fsp3) is 0.167. The van der Waals surface area contributed by atoms with Crippen molar-refractivity contribution in [3.8, 4) is 16.8 Å². The van der Waals surface area contributed by atoms with Crippen LogP contribution >= 0.6 is 23.1 Å². The van der Waals surface area contributed by atoms with Gasteiger partial charge in [0.1, 0.15) is 10.6 Å². The number of nitrogens with one attached hydrogen (secondary N) is 1. The lowest BCUT2D eigenvalue weighted by molar-refractivity contribution is -0.113. The number of anilines is 1. The summed E-state index contributed by atoms with van der Waals surface area (Å²) < 4.78 is 15.0. The first-order valence-corrected chi connectivity index (χ1v) is 14.0. The van der Waals surface area contributed by atoms with Gasteiger partial charge in [-0.1, -0.05) is 75.0 Å². The number of thiophene rings is 1. The van der Waals surface area contributed by atoms with Crippen molar-refractivity contribution in [1.29, 1.82) is 0 Å². The summed E-state index contributed by atoms with van der Waals surface area (Å²) in [4.78, 5) is 32.0. The molecule has 0 fully saturated rings. The molecule has 3 aromatic carbocycles. The maximum Gasteiger partial charge on any atom is 0.268 e. The summed E-state index contributed by atoms with van der Waals surface area (Å²) in [6.07, 6.45) is 0. The quantitative estimate of drug-likeness (QED) is 0.181. The minimum absolute atomic E-state index is 0.0299. The highest BCUT2D eigenvalue weighted by molar-refractivity contribution is 7.99. The van der Waals surface area contributed by atoms with E-state index in [1.165, 1.54) is 45.4 Å². The highest BCUT2D eigenvalue weighted by atomic mass is 32.2. The molecule has 2 aromatic heterocycles.